The van der Waals surface area contributed by atoms with Crippen LogP contribution < -0.4 is 4.90 Å². The van der Waals surface area contributed by atoms with Crippen LogP contribution in [0.3, 0.4) is 0 Å². The summed E-state index contributed by atoms with van der Waals surface area (Å²) in [6.07, 6.45) is 1.55. The molecule has 122 valence electrons. The predicted octanol–water partition coefficient (Wildman–Crippen LogP) is 4.05. The van der Waals surface area contributed by atoms with E-state index >= 15 is 0 Å². The van der Waals surface area contributed by atoms with Crippen molar-refractivity contribution in [2.45, 2.75) is 18.9 Å². The van der Waals surface area contributed by atoms with E-state index in [4.69, 9.17) is 23.2 Å². The second-order valence-corrected chi connectivity index (χ2v) is 7.81. The highest BCUT2D eigenvalue weighted by atomic mass is 79.9. The van der Waals surface area contributed by atoms with Gasteiger partial charge in [-0.1, -0.05) is 11.6 Å². The van der Waals surface area contributed by atoms with Crippen LogP contribution in [-0.2, 0) is 0 Å². The van der Waals surface area contributed by atoms with Crippen molar-refractivity contribution in [3.8, 4) is 0 Å². The molecule has 8 heteroatoms. The molecule has 4 nitrogen and oxygen atoms in total. The Kier molecular flexibility index (Phi) is 3.91. The molecule has 1 N–H and O–H groups in total. The minimum Gasteiger partial charge on any atom is -0.393 e. The Labute approximate surface area is 150 Å². The second-order valence-electron chi connectivity index (χ2n) is 6.27. The first-order valence-corrected chi connectivity index (χ1v) is 8.92. The average Bonchev–Trinajstić information content (AvgIpc) is 2.77. The summed E-state index contributed by atoms with van der Waals surface area (Å²) in [7, 11) is 0. The number of fused-ring (bicyclic) bond motifs is 3. The van der Waals surface area contributed by atoms with Crippen LogP contribution in [0.5, 0.6) is 0 Å². The van der Waals surface area contributed by atoms with Crippen molar-refractivity contribution in [3.05, 3.63) is 26.7 Å². The van der Waals surface area contributed by atoms with E-state index in [9.17, 15) is 9.50 Å². The van der Waals surface area contributed by atoms with Gasteiger partial charge in [0, 0.05) is 24.4 Å². The third-order valence-corrected chi connectivity index (χ3v) is 6.24. The fraction of sp³-hybridized carbons (Fsp3) is 0.467. The lowest BCUT2D eigenvalue weighted by atomic mass is 9.98. The minimum absolute atomic E-state index is 0.000841. The fourth-order valence-corrected chi connectivity index (χ4v) is 4.43. The summed E-state index contributed by atoms with van der Waals surface area (Å²) in [5.41, 5.74) is 0.148. The van der Waals surface area contributed by atoms with Crippen molar-refractivity contribution >= 4 is 55.9 Å². The summed E-state index contributed by atoms with van der Waals surface area (Å²) < 4.78 is 14.6. The van der Waals surface area contributed by atoms with Crippen molar-refractivity contribution in [1.82, 2.24) is 9.97 Å². The topological polar surface area (TPSA) is 49.2 Å². The molecular weight excluding hydrogens is 408 g/mol. The van der Waals surface area contributed by atoms with Crippen molar-refractivity contribution in [2.75, 3.05) is 18.0 Å². The van der Waals surface area contributed by atoms with Crippen LogP contribution in [0.2, 0.25) is 10.3 Å². The number of aliphatic hydroxyl groups is 1. The molecule has 1 saturated heterocycles. The predicted molar refractivity (Wildman–Crippen MR) is 91.6 cm³/mol. The average molecular weight is 421 g/mol. The maximum Gasteiger partial charge on any atom is 0.225 e. The van der Waals surface area contributed by atoms with Gasteiger partial charge in [-0.3, -0.25) is 0 Å². The van der Waals surface area contributed by atoms with Crippen LogP contribution in [-0.4, -0.2) is 34.3 Å². The Balaban J connectivity index is 1.87. The second kappa shape index (κ2) is 5.69. The lowest BCUT2D eigenvalue weighted by molar-refractivity contribution is 0.137. The molecule has 2 aliphatic rings. The Bertz CT molecular complexity index is 804. The van der Waals surface area contributed by atoms with Crippen LogP contribution in [0, 0.1) is 17.7 Å². The van der Waals surface area contributed by atoms with Gasteiger partial charge in [0.1, 0.15) is 11.3 Å². The number of piperidine rings is 1. The largest absolute Gasteiger partial charge is 0.393 e. The SMILES string of the molecule is O[C@@H]1C[C@H]2C[C@@H]1CN(c1nc(Cl)nc3c(F)c(Br)c(Cl)cc13)C2. The normalized spacial score (nSPS) is 27.0. The third kappa shape index (κ3) is 2.60. The highest BCUT2D eigenvalue weighted by Crippen LogP contribution is 2.41. The summed E-state index contributed by atoms with van der Waals surface area (Å²) in [4.78, 5) is 10.4. The van der Waals surface area contributed by atoms with Gasteiger partial charge in [0.2, 0.25) is 5.28 Å². The first kappa shape index (κ1) is 15.8. The van der Waals surface area contributed by atoms with Gasteiger partial charge >= 0.3 is 0 Å². The molecule has 2 fully saturated rings. The Morgan fingerprint density at radius 2 is 2.04 bits per heavy atom. The third-order valence-electron chi connectivity index (χ3n) is 4.77. The molecule has 0 radical (unpaired) electrons. The number of aliphatic hydroxyl groups excluding tert-OH is 1. The molecule has 0 amide bonds. The quantitative estimate of drug-likeness (QED) is 0.558. The van der Waals surface area contributed by atoms with E-state index < -0.39 is 5.82 Å². The number of benzene rings is 1. The maximum absolute atomic E-state index is 14.5. The Morgan fingerprint density at radius 1 is 1.26 bits per heavy atom. The zero-order chi connectivity index (χ0) is 16.3. The monoisotopic (exact) mass is 419 g/mol. The molecule has 23 heavy (non-hydrogen) atoms. The van der Waals surface area contributed by atoms with Crippen molar-refractivity contribution in [1.29, 1.82) is 0 Å². The Hall–Kier alpha value is -0.690. The smallest absolute Gasteiger partial charge is 0.225 e. The summed E-state index contributed by atoms with van der Waals surface area (Å²) in [6.45, 7) is 1.45. The number of aromatic nitrogens is 2. The van der Waals surface area contributed by atoms with Gasteiger partial charge in [-0.25, -0.2) is 9.37 Å². The van der Waals surface area contributed by atoms with Gasteiger partial charge in [-0.05, 0) is 52.4 Å². The van der Waals surface area contributed by atoms with E-state index in [1.165, 1.54) is 0 Å². The van der Waals surface area contributed by atoms with Gasteiger partial charge in [0.15, 0.2) is 5.82 Å². The van der Waals surface area contributed by atoms with Crippen LogP contribution in [0.1, 0.15) is 12.8 Å². The maximum atomic E-state index is 14.5. The lowest BCUT2D eigenvalue weighted by Gasteiger charge is -2.33. The van der Waals surface area contributed by atoms with Gasteiger partial charge < -0.3 is 10.0 Å². The van der Waals surface area contributed by atoms with E-state index in [1.807, 2.05) is 0 Å². The number of hydrogen-bond acceptors (Lipinski definition) is 4. The van der Waals surface area contributed by atoms with Gasteiger partial charge in [-0.2, -0.15) is 4.98 Å². The van der Waals surface area contributed by atoms with E-state index in [0.717, 1.165) is 19.4 Å². The van der Waals surface area contributed by atoms with E-state index in [-0.39, 0.29) is 32.3 Å². The highest BCUT2D eigenvalue weighted by Gasteiger charge is 2.40. The minimum atomic E-state index is -0.543. The molecule has 1 aliphatic carbocycles. The van der Waals surface area contributed by atoms with E-state index in [2.05, 4.69) is 30.8 Å². The summed E-state index contributed by atoms with van der Waals surface area (Å²) >= 11 is 15.2. The highest BCUT2D eigenvalue weighted by molar-refractivity contribution is 9.10. The molecule has 0 spiro atoms. The number of anilines is 1. The van der Waals surface area contributed by atoms with Gasteiger partial charge in [-0.15, -0.1) is 0 Å². The van der Waals surface area contributed by atoms with Crippen LogP contribution >= 0.6 is 39.1 Å². The number of hydrogen-bond donors (Lipinski definition) is 1. The molecule has 1 aromatic carbocycles. The fourth-order valence-electron chi connectivity index (χ4n) is 3.77. The zero-order valence-electron chi connectivity index (χ0n) is 11.9. The van der Waals surface area contributed by atoms with Gasteiger partial charge in [0.25, 0.3) is 0 Å². The number of nitrogens with zero attached hydrogens (tertiary/aromatic N) is 3. The molecule has 4 rings (SSSR count). The molecule has 1 saturated carbocycles. The van der Waals surface area contributed by atoms with E-state index in [1.54, 1.807) is 6.07 Å². The first-order chi connectivity index (χ1) is 10.9. The molecule has 2 heterocycles. The van der Waals surface area contributed by atoms with E-state index in [0.29, 0.717) is 23.7 Å². The summed E-state index contributed by atoms with van der Waals surface area (Å²) in [5, 5.41) is 10.9. The van der Waals surface area contributed by atoms with Crippen LogP contribution in [0.25, 0.3) is 10.9 Å². The molecule has 2 bridgehead atoms. The van der Waals surface area contributed by atoms with Crippen molar-refractivity contribution in [3.63, 3.8) is 0 Å². The first-order valence-electron chi connectivity index (χ1n) is 7.37. The molecular formula is C15H13BrCl2FN3O. The summed E-state index contributed by atoms with van der Waals surface area (Å²) in [5.74, 6) is 0.673. The van der Waals surface area contributed by atoms with Crippen molar-refractivity contribution < 1.29 is 9.50 Å². The summed E-state index contributed by atoms with van der Waals surface area (Å²) in [6, 6.07) is 1.66. The molecule has 2 aromatic rings. The standard InChI is InChI=1S/C15H13BrCl2FN3O/c16-11-9(17)3-8-13(12(11)19)20-15(18)21-14(8)22-4-6-1-7(5-22)10(23)2-6/h3,6-7,10,23H,1-2,4-5H2/t6-,7-,10-/m1/s1. The Morgan fingerprint density at radius 3 is 2.78 bits per heavy atom. The molecule has 1 aromatic heterocycles. The zero-order valence-corrected chi connectivity index (χ0v) is 15.0. The molecule has 3 atom stereocenters. The van der Waals surface area contributed by atoms with Gasteiger partial charge in [0.05, 0.1) is 15.6 Å². The lowest BCUT2D eigenvalue weighted by Crippen LogP contribution is -2.38. The number of halogens is 4. The molecule has 1 aliphatic heterocycles. The molecule has 0 unspecified atom stereocenters. The van der Waals surface area contributed by atoms with Crippen molar-refractivity contribution in [2.24, 2.45) is 11.8 Å². The van der Waals surface area contributed by atoms with Crippen LogP contribution in [0.15, 0.2) is 10.5 Å². The number of rotatable bonds is 1. The van der Waals surface area contributed by atoms with Crippen LogP contribution in [0.4, 0.5) is 10.2 Å².